The molecule has 4 aromatic rings. The van der Waals surface area contributed by atoms with Gasteiger partial charge in [-0.15, -0.1) is 11.3 Å². The van der Waals surface area contributed by atoms with Gasteiger partial charge in [-0.05, 0) is 23.8 Å². The van der Waals surface area contributed by atoms with E-state index in [0.717, 1.165) is 22.8 Å². The highest BCUT2D eigenvalue weighted by molar-refractivity contribution is 7.15. The second kappa shape index (κ2) is 6.65. The number of hydrogen-bond donors (Lipinski definition) is 2. The van der Waals surface area contributed by atoms with Crippen molar-refractivity contribution in [3.63, 3.8) is 0 Å². The lowest BCUT2D eigenvalue weighted by Gasteiger charge is -2.04. The van der Waals surface area contributed by atoms with Crippen LogP contribution in [-0.2, 0) is 0 Å². The summed E-state index contributed by atoms with van der Waals surface area (Å²) in [6.45, 7) is 0. The molecule has 0 atom stereocenters. The second-order valence-electron chi connectivity index (χ2n) is 5.63. The van der Waals surface area contributed by atoms with Crippen LogP contribution in [0, 0.1) is 5.95 Å². The maximum atomic E-state index is 13.4. The first kappa shape index (κ1) is 16.9. The van der Waals surface area contributed by atoms with Gasteiger partial charge in [-0.3, -0.25) is 4.79 Å². The van der Waals surface area contributed by atoms with Gasteiger partial charge in [-0.25, -0.2) is 9.78 Å². The van der Waals surface area contributed by atoms with E-state index in [-0.39, 0.29) is 16.3 Å². The Balaban J connectivity index is 1.69. The van der Waals surface area contributed by atoms with Crippen molar-refractivity contribution in [2.24, 2.45) is 0 Å². The molecule has 0 saturated carbocycles. The molecule has 1 aromatic carbocycles. The fourth-order valence-electron chi connectivity index (χ4n) is 2.70. The predicted octanol–water partition coefficient (Wildman–Crippen LogP) is 4.65. The van der Waals surface area contributed by atoms with Crippen molar-refractivity contribution in [2.75, 3.05) is 5.32 Å². The molecule has 3 aromatic heterocycles. The molecule has 0 spiro atoms. The summed E-state index contributed by atoms with van der Waals surface area (Å²) in [5.41, 5.74) is 1.10. The molecule has 0 fully saturated rings. The highest BCUT2D eigenvalue weighted by atomic mass is 32.1. The van der Waals surface area contributed by atoms with Gasteiger partial charge in [-0.2, -0.15) is 4.39 Å². The van der Waals surface area contributed by atoms with Crippen molar-refractivity contribution >= 4 is 39.2 Å². The molecule has 6 nitrogen and oxygen atoms in total. The first-order valence-electron chi connectivity index (χ1n) is 7.79. The maximum absolute atomic E-state index is 13.4. The van der Waals surface area contributed by atoms with Crippen molar-refractivity contribution in [1.29, 1.82) is 0 Å². The molecule has 0 bridgehead atoms. The number of fused-ring (bicyclic) bond motifs is 1. The third kappa shape index (κ3) is 3.18. The molecule has 0 saturated heterocycles. The minimum Gasteiger partial charge on any atom is -0.478 e. The molecule has 1 amide bonds. The molecule has 2 N–H and O–H groups in total. The number of para-hydroxylation sites is 1. The Morgan fingerprint density at radius 2 is 2.00 bits per heavy atom. The lowest BCUT2D eigenvalue weighted by atomic mass is 10.1. The van der Waals surface area contributed by atoms with E-state index in [1.54, 1.807) is 29.6 Å². The molecule has 0 aliphatic carbocycles. The zero-order valence-corrected chi connectivity index (χ0v) is 14.4. The second-order valence-corrected chi connectivity index (χ2v) is 6.51. The van der Waals surface area contributed by atoms with Crippen LogP contribution < -0.4 is 5.32 Å². The monoisotopic (exact) mass is 382 g/mol. The molecule has 0 unspecified atom stereocenters. The average molecular weight is 382 g/mol. The lowest BCUT2D eigenvalue weighted by Crippen LogP contribution is -2.12. The van der Waals surface area contributed by atoms with Gasteiger partial charge in [0.15, 0.2) is 5.76 Å². The van der Waals surface area contributed by atoms with Crippen LogP contribution in [0.2, 0.25) is 0 Å². The van der Waals surface area contributed by atoms with Gasteiger partial charge in [0.05, 0.1) is 0 Å². The first-order chi connectivity index (χ1) is 13.0. The van der Waals surface area contributed by atoms with Gasteiger partial charge >= 0.3 is 5.97 Å². The molecular formula is C19H11FN2O4S. The summed E-state index contributed by atoms with van der Waals surface area (Å²) in [6.07, 6.45) is 1.25. The standard InChI is InChI=1S/C19H11FN2O4S/c20-15-8-10(5-6-21-15)12-9-27-18(16(12)19(24)25)22-17(23)14-7-11-3-1-2-4-13(11)26-14/h1-9H,(H,22,23)(H,24,25). The third-order valence-corrected chi connectivity index (χ3v) is 4.81. The van der Waals surface area contributed by atoms with Crippen LogP contribution in [-0.4, -0.2) is 22.0 Å². The summed E-state index contributed by atoms with van der Waals surface area (Å²) in [7, 11) is 0. The fourth-order valence-corrected chi connectivity index (χ4v) is 3.66. The molecular weight excluding hydrogens is 371 g/mol. The number of hydrogen-bond acceptors (Lipinski definition) is 5. The Bertz CT molecular complexity index is 1150. The van der Waals surface area contributed by atoms with Gasteiger partial charge in [0.1, 0.15) is 16.1 Å². The van der Waals surface area contributed by atoms with Crippen LogP contribution in [0.3, 0.4) is 0 Å². The number of rotatable bonds is 4. The van der Waals surface area contributed by atoms with E-state index in [1.807, 2.05) is 6.07 Å². The Morgan fingerprint density at radius 1 is 1.19 bits per heavy atom. The number of nitrogens with zero attached hydrogens (tertiary/aromatic N) is 1. The number of amides is 1. The molecule has 0 aliphatic rings. The molecule has 3 heterocycles. The highest BCUT2D eigenvalue weighted by Crippen LogP contribution is 2.36. The van der Waals surface area contributed by atoms with Crippen LogP contribution in [0.1, 0.15) is 20.9 Å². The number of aromatic carboxylic acids is 1. The van der Waals surface area contributed by atoms with Crippen LogP contribution >= 0.6 is 11.3 Å². The summed E-state index contributed by atoms with van der Waals surface area (Å²) < 4.78 is 18.9. The summed E-state index contributed by atoms with van der Waals surface area (Å²) in [5.74, 6) is -2.45. The quantitative estimate of drug-likeness (QED) is 0.502. The number of carboxylic acid groups (broad SMARTS) is 1. The van der Waals surface area contributed by atoms with Crippen LogP contribution in [0.15, 0.2) is 58.5 Å². The van der Waals surface area contributed by atoms with Crippen molar-refractivity contribution < 1.29 is 23.5 Å². The smallest absolute Gasteiger partial charge is 0.339 e. The van der Waals surface area contributed by atoms with E-state index >= 15 is 0 Å². The van der Waals surface area contributed by atoms with Gasteiger partial charge in [0, 0.05) is 28.6 Å². The Hall–Kier alpha value is -3.52. The van der Waals surface area contributed by atoms with Crippen molar-refractivity contribution in [3.8, 4) is 11.1 Å². The maximum Gasteiger partial charge on any atom is 0.339 e. The molecule has 4 rings (SSSR count). The zero-order chi connectivity index (χ0) is 19.0. The number of carboxylic acids is 1. The predicted molar refractivity (Wildman–Crippen MR) is 98.6 cm³/mol. The number of nitrogens with one attached hydrogen (secondary N) is 1. The number of halogens is 1. The molecule has 0 radical (unpaired) electrons. The van der Waals surface area contributed by atoms with E-state index in [0.29, 0.717) is 16.7 Å². The van der Waals surface area contributed by atoms with Gasteiger partial charge < -0.3 is 14.8 Å². The largest absolute Gasteiger partial charge is 0.478 e. The van der Waals surface area contributed by atoms with E-state index in [2.05, 4.69) is 10.3 Å². The van der Waals surface area contributed by atoms with Crippen molar-refractivity contribution in [3.05, 3.63) is 71.3 Å². The van der Waals surface area contributed by atoms with Gasteiger partial charge in [0.25, 0.3) is 5.91 Å². The number of carbonyl (C=O) groups excluding carboxylic acids is 1. The number of aromatic nitrogens is 1. The van der Waals surface area contributed by atoms with Crippen LogP contribution in [0.5, 0.6) is 0 Å². The van der Waals surface area contributed by atoms with E-state index in [9.17, 15) is 19.1 Å². The molecule has 8 heteroatoms. The topological polar surface area (TPSA) is 92.4 Å². The number of carbonyl (C=O) groups is 2. The lowest BCUT2D eigenvalue weighted by molar-refractivity contribution is 0.0699. The summed E-state index contributed by atoms with van der Waals surface area (Å²) in [4.78, 5) is 27.7. The summed E-state index contributed by atoms with van der Waals surface area (Å²) in [5, 5.41) is 14.6. The Morgan fingerprint density at radius 3 is 2.74 bits per heavy atom. The van der Waals surface area contributed by atoms with Crippen LogP contribution in [0.25, 0.3) is 22.1 Å². The zero-order valence-electron chi connectivity index (χ0n) is 13.6. The summed E-state index contributed by atoms with van der Waals surface area (Å²) >= 11 is 1.04. The SMILES string of the molecule is O=C(Nc1scc(-c2ccnc(F)c2)c1C(=O)O)c1cc2ccccc2o1. The number of thiophene rings is 1. The number of anilines is 1. The van der Waals surface area contributed by atoms with E-state index in [1.165, 1.54) is 12.3 Å². The average Bonchev–Trinajstić information content (AvgIpc) is 3.25. The third-order valence-electron chi connectivity index (χ3n) is 3.92. The number of pyridine rings is 1. The van der Waals surface area contributed by atoms with Gasteiger partial charge in [0.2, 0.25) is 5.95 Å². The van der Waals surface area contributed by atoms with Crippen molar-refractivity contribution in [1.82, 2.24) is 4.98 Å². The normalized spacial score (nSPS) is 10.9. The first-order valence-corrected chi connectivity index (χ1v) is 8.67. The highest BCUT2D eigenvalue weighted by Gasteiger charge is 2.23. The molecule has 0 aliphatic heterocycles. The fraction of sp³-hybridized carbons (Fsp3) is 0. The minimum absolute atomic E-state index is 0.0671. The van der Waals surface area contributed by atoms with E-state index < -0.39 is 17.8 Å². The Labute approximate surface area is 155 Å². The molecule has 27 heavy (non-hydrogen) atoms. The Kier molecular flexibility index (Phi) is 4.17. The summed E-state index contributed by atoms with van der Waals surface area (Å²) in [6, 6.07) is 11.4. The van der Waals surface area contributed by atoms with Crippen molar-refractivity contribution in [2.45, 2.75) is 0 Å². The van der Waals surface area contributed by atoms with Gasteiger partial charge in [-0.1, -0.05) is 18.2 Å². The molecule has 134 valence electrons. The number of benzene rings is 1. The minimum atomic E-state index is -1.23. The number of furan rings is 1. The van der Waals surface area contributed by atoms with Crippen LogP contribution in [0.4, 0.5) is 9.39 Å². The van der Waals surface area contributed by atoms with E-state index in [4.69, 9.17) is 4.42 Å².